The van der Waals surface area contributed by atoms with Crippen molar-refractivity contribution in [1.82, 2.24) is 4.90 Å². The van der Waals surface area contributed by atoms with Gasteiger partial charge in [-0.2, -0.15) is 0 Å². The number of piperidine rings is 2. The lowest BCUT2D eigenvalue weighted by Crippen LogP contribution is -2.56. The molecule has 3 aliphatic heterocycles. The van der Waals surface area contributed by atoms with Gasteiger partial charge >= 0.3 is 0 Å². The van der Waals surface area contributed by atoms with E-state index >= 15 is 0 Å². The minimum Gasteiger partial charge on any atom is -0.378 e. The molecule has 2 N–H and O–H groups in total. The van der Waals surface area contributed by atoms with E-state index in [1.807, 2.05) is 0 Å². The van der Waals surface area contributed by atoms with Gasteiger partial charge in [0.05, 0.1) is 6.10 Å². The molecule has 0 saturated carbocycles. The van der Waals surface area contributed by atoms with Gasteiger partial charge in [-0.25, -0.2) is 0 Å². The first kappa shape index (κ1) is 11.9. The lowest BCUT2D eigenvalue weighted by atomic mass is 9.81. The zero-order valence-electron chi connectivity index (χ0n) is 11.0. The maximum absolute atomic E-state index is 6.17. The van der Waals surface area contributed by atoms with Crippen molar-refractivity contribution in [3.63, 3.8) is 0 Å². The summed E-state index contributed by atoms with van der Waals surface area (Å²) in [5.41, 5.74) is 6.17. The van der Waals surface area contributed by atoms with Crippen molar-refractivity contribution in [2.75, 3.05) is 13.2 Å². The fraction of sp³-hybridized carbons (Fsp3) is 1.00. The Balaban J connectivity index is 1.65. The summed E-state index contributed by atoms with van der Waals surface area (Å²) in [5, 5.41) is 0. The molecule has 0 aromatic rings. The molecule has 3 saturated heterocycles. The number of ether oxygens (including phenoxy) is 1. The topological polar surface area (TPSA) is 38.5 Å². The van der Waals surface area contributed by atoms with Gasteiger partial charge in [-0.3, -0.25) is 4.90 Å². The fourth-order valence-electron chi connectivity index (χ4n) is 4.11. The van der Waals surface area contributed by atoms with Crippen LogP contribution in [0.4, 0.5) is 0 Å². The number of nitrogens with two attached hydrogens (primary N) is 1. The van der Waals surface area contributed by atoms with Crippen molar-refractivity contribution in [3.05, 3.63) is 0 Å². The van der Waals surface area contributed by atoms with Crippen LogP contribution in [0.25, 0.3) is 0 Å². The Morgan fingerprint density at radius 3 is 2.47 bits per heavy atom. The van der Waals surface area contributed by atoms with Gasteiger partial charge in [0, 0.05) is 31.3 Å². The first-order chi connectivity index (χ1) is 8.24. The third-order valence-corrected chi connectivity index (χ3v) is 5.14. The van der Waals surface area contributed by atoms with E-state index in [1.165, 1.54) is 45.1 Å². The smallest absolute Gasteiger partial charge is 0.0588 e. The Kier molecular flexibility index (Phi) is 3.42. The van der Waals surface area contributed by atoms with Crippen LogP contribution in [0.1, 0.15) is 45.4 Å². The van der Waals surface area contributed by atoms with Crippen LogP contribution in [0.5, 0.6) is 0 Å². The molecule has 98 valence electrons. The minimum atomic E-state index is 0.457. The summed E-state index contributed by atoms with van der Waals surface area (Å²) in [5.74, 6) is 0.757. The second kappa shape index (κ2) is 4.87. The van der Waals surface area contributed by atoms with E-state index in [2.05, 4.69) is 11.8 Å². The first-order valence-corrected chi connectivity index (χ1v) is 7.37. The summed E-state index contributed by atoms with van der Waals surface area (Å²) in [6, 6.07) is 1.99. The number of nitrogens with zero attached hydrogens (tertiary/aromatic N) is 1. The Bertz CT molecular complexity index is 257. The van der Waals surface area contributed by atoms with Crippen LogP contribution >= 0.6 is 0 Å². The van der Waals surface area contributed by atoms with Crippen LogP contribution in [0.2, 0.25) is 0 Å². The minimum absolute atomic E-state index is 0.457. The zero-order chi connectivity index (χ0) is 11.8. The summed E-state index contributed by atoms with van der Waals surface area (Å²) < 4.78 is 5.70. The predicted molar refractivity (Wildman–Crippen MR) is 68.9 cm³/mol. The van der Waals surface area contributed by atoms with Crippen LogP contribution in [0.3, 0.4) is 0 Å². The highest BCUT2D eigenvalue weighted by atomic mass is 16.5. The molecule has 3 aliphatic rings. The Labute approximate surface area is 105 Å². The molecule has 0 aromatic carbocycles. The molecule has 2 bridgehead atoms. The van der Waals surface area contributed by atoms with Crippen molar-refractivity contribution in [3.8, 4) is 0 Å². The molecule has 0 radical (unpaired) electrons. The van der Waals surface area contributed by atoms with Crippen molar-refractivity contribution in [2.45, 2.75) is 69.7 Å². The van der Waals surface area contributed by atoms with Crippen molar-refractivity contribution in [1.29, 1.82) is 0 Å². The SMILES string of the molecule is CC1OCCC1CN1C2CCCC1CC(N)C2. The van der Waals surface area contributed by atoms with E-state index in [9.17, 15) is 0 Å². The van der Waals surface area contributed by atoms with Gasteiger partial charge in [-0.15, -0.1) is 0 Å². The summed E-state index contributed by atoms with van der Waals surface area (Å²) >= 11 is 0. The Morgan fingerprint density at radius 1 is 1.18 bits per heavy atom. The molecule has 3 fully saturated rings. The van der Waals surface area contributed by atoms with Crippen LogP contribution in [0, 0.1) is 5.92 Å². The molecule has 0 aromatic heterocycles. The molecule has 0 aliphatic carbocycles. The molecule has 3 rings (SSSR count). The summed E-state index contributed by atoms with van der Waals surface area (Å²) in [6.45, 7) is 4.46. The molecule has 3 heterocycles. The average molecular weight is 238 g/mol. The van der Waals surface area contributed by atoms with Gasteiger partial charge in [0.25, 0.3) is 0 Å². The normalized spacial score (nSPS) is 47.3. The Hall–Kier alpha value is -0.120. The first-order valence-electron chi connectivity index (χ1n) is 7.37. The molecular weight excluding hydrogens is 212 g/mol. The van der Waals surface area contributed by atoms with Crippen LogP contribution < -0.4 is 5.73 Å². The van der Waals surface area contributed by atoms with Gasteiger partial charge in [0.1, 0.15) is 0 Å². The maximum Gasteiger partial charge on any atom is 0.0588 e. The van der Waals surface area contributed by atoms with Crippen molar-refractivity contribution in [2.24, 2.45) is 11.7 Å². The van der Waals surface area contributed by atoms with E-state index in [0.29, 0.717) is 12.1 Å². The molecule has 0 spiro atoms. The fourth-order valence-corrected chi connectivity index (χ4v) is 4.11. The molecule has 4 atom stereocenters. The van der Waals surface area contributed by atoms with Crippen LogP contribution in [-0.4, -0.2) is 42.3 Å². The quantitative estimate of drug-likeness (QED) is 0.796. The molecule has 4 unspecified atom stereocenters. The average Bonchev–Trinajstić information content (AvgIpc) is 2.66. The molecular formula is C14H26N2O. The number of rotatable bonds is 2. The zero-order valence-corrected chi connectivity index (χ0v) is 11.0. The maximum atomic E-state index is 6.17. The molecule has 0 amide bonds. The molecule has 17 heavy (non-hydrogen) atoms. The Morgan fingerprint density at radius 2 is 1.88 bits per heavy atom. The second-order valence-electron chi connectivity index (χ2n) is 6.29. The highest BCUT2D eigenvalue weighted by Gasteiger charge is 2.39. The van der Waals surface area contributed by atoms with Crippen molar-refractivity contribution < 1.29 is 4.74 Å². The largest absolute Gasteiger partial charge is 0.378 e. The third-order valence-electron chi connectivity index (χ3n) is 5.14. The van der Waals surface area contributed by atoms with Crippen LogP contribution in [0.15, 0.2) is 0 Å². The van der Waals surface area contributed by atoms with Crippen molar-refractivity contribution >= 4 is 0 Å². The highest BCUT2D eigenvalue weighted by Crippen LogP contribution is 2.35. The number of hydrogen-bond acceptors (Lipinski definition) is 3. The lowest BCUT2D eigenvalue weighted by molar-refractivity contribution is 0.00684. The molecule has 3 heteroatoms. The van der Waals surface area contributed by atoms with E-state index in [1.54, 1.807) is 0 Å². The monoisotopic (exact) mass is 238 g/mol. The van der Waals surface area contributed by atoms with E-state index < -0.39 is 0 Å². The van der Waals surface area contributed by atoms with Gasteiger partial charge < -0.3 is 10.5 Å². The van der Waals surface area contributed by atoms with E-state index in [-0.39, 0.29) is 0 Å². The standard InChI is InChI=1S/C14H26N2O/c1-10-11(5-6-17-10)9-16-13-3-2-4-14(16)8-12(15)7-13/h10-14H,2-9,15H2,1H3. The van der Waals surface area contributed by atoms with Crippen LogP contribution in [-0.2, 0) is 4.74 Å². The van der Waals surface area contributed by atoms with E-state index in [0.717, 1.165) is 24.6 Å². The summed E-state index contributed by atoms with van der Waals surface area (Å²) in [7, 11) is 0. The van der Waals surface area contributed by atoms with E-state index in [4.69, 9.17) is 10.5 Å². The van der Waals surface area contributed by atoms with Gasteiger partial charge in [0.2, 0.25) is 0 Å². The van der Waals surface area contributed by atoms with Gasteiger partial charge in [-0.05, 0) is 44.9 Å². The van der Waals surface area contributed by atoms with Gasteiger partial charge in [0.15, 0.2) is 0 Å². The summed E-state index contributed by atoms with van der Waals surface area (Å²) in [4.78, 5) is 2.78. The molecule has 3 nitrogen and oxygen atoms in total. The highest BCUT2D eigenvalue weighted by molar-refractivity contribution is 4.95. The lowest BCUT2D eigenvalue weighted by Gasteiger charge is -2.49. The predicted octanol–water partition coefficient (Wildman–Crippen LogP) is 1.76. The van der Waals surface area contributed by atoms with Gasteiger partial charge in [-0.1, -0.05) is 6.42 Å². The second-order valence-corrected chi connectivity index (χ2v) is 6.29. The summed E-state index contributed by atoms with van der Waals surface area (Å²) in [6.07, 6.45) is 8.31. The number of hydrogen-bond donors (Lipinski definition) is 1. The number of fused-ring (bicyclic) bond motifs is 2. The third kappa shape index (κ3) is 2.38.